The molecule has 0 unspecified atom stereocenters. The van der Waals surface area contributed by atoms with Gasteiger partial charge in [0.1, 0.15) is 5.75 Å². The lowest BCUT2D eigenvalue weighted by Crippen LogP contribution is -2.24. The van der Waals surface area contributed by atoms with Crippen molar-refractivity contribution >= 4 is 23.5 Å². The maximum absolute atomic E-state index is 12.5. The van der Waals surface area contributed by atoms with Crippen LogP contribution in [0.25, 0.3) is 0 Å². The van der Waals surface area contributed by atoms with Gasteiger partial charge in [0.2, 0.25) is 5.91 Å². The summed E-state index contributed by atoms with van der Waals surface area (Å²) in [5.41, 5.74) is 1.79. The second kappa shape index (κ2) is 9.52. The van der Waals surface area contributed by atoms with Crippen LogP contribution in [0.3, 0.4) is 0 Å². The Labute approximate surface area is 158 Å². The lowest BCUT2D eigenvalue weighted by molar-refractivity contribution is -0.131. The zero-order chi connectivity index (χ0) is 19.8. The number of esters is 1. The Bertz CT molecular complexity index is 830. The van der Waals surface area contributed by atoms with Crippen LogP contribution in [-0.4, -0.2) is 17.8 Å². The number of para-hydroxylation sites is 1. The van der Waals surface area contributed by atoms with Crippen molar-refractivity contribution in [2.45, 2.75) is 33.7 Å². The minimum Gasteiger partial charge on any atom is -0.427 e. The topological polar surface area (TPSA) is 84.5 Å². The van der Waals surface area contributed by atoms with Crippen LogP contribution >= 0.6 is 0 Å². The Morgan fingerprint density at radius 1 is 1.04 bits per heavy atom. The summed E-state index contributed by atoms with van der Waals surface area (Å²) in [6.45, 7) is 5.60. The number of carbonyl (C=O) groups is 3. The van der Waals surface area contributed by atoms with E-state index in [-0.39, 0.29) is 17.7 Å². The largest absolute Gasteiger partial charge is 0.427 e. The molecule has 0 heterocycles. The van der Waals surface area contributed by atoms with Crippen molar-refractivity contribution in [2.75, 3.05) is 5.32 Å². The molecule has 6 heteroatoms. The molecule has 2 rings (SSSR count). The first kappa shape index (κ1) is 20.2. The first-order chi connectivity index (χ1) is 12.8. The monoisotopic (exact) mass is 368 g/mol. The van der Waals surface area contributed by atoms with Gasteiger partial charge in [0, 0.05) is 31.1 Å². The molecule has 2 aromatic rings. The quantitative estimate of drug-likeness (QED) is 0.578. The van der Waals surface area contributed by atoms with E-state index in [4.69, 9.17) is 4.74 Å². The standard InChI is InChI=1S/C21H24N2O4/c1-14(2)11-20(25)22-13-17-7-4-5-10-19(17)23-21(26)16-8-6-9-18(12-16)27-15(3)24/h4-10,12,14H,11,13H2,1-3H3,(H,22,25)(H,23,26). The highest BCUT2D eigenvalue weighted by Crippen LogP contribution is 2.18. The van der Waals surface area contributed by atoms with Crippen molar-refractivity contribution < 1.29 is 19.1 Å². The smallest absolute Gasteiger partial charge is 0.308 e. The van der Waals surface area contributed by atoms with Gasteiger partial charge in [-0.25, -0.2) is 0 Å². The molecule has 0 saturated carbocycles. The van der Waals surface area contributed by atoms with Gasteiger partial charge in [0.15, 0.2) is 0 Å². The van der Waals surface area contributed by atoms with E-state index in [9.17, 15) is 14.4 Å². The van der Waals surface area contributed by atoms with Gasteiger partial charge in [-0.15, -0.1) is 0 Å². The molecule has 2 aromatic carbocycles. The molecule has 0 radical (unpaired) electrons. The van der Waals surface area contributed by atoms with E-state index in [1.807, 2.05) is 32.0 Å². The number of benzene rings is 2. The van der Waals surface area contributed by atoms with E-state index < -0.39 is 5.97 Å². The number of rotatable bonds is 7. The van der Waals surface area contributed by atoms with Crippen molar-refractivity contribution in [1.82, 2.24) is 5.32 Å². The molecular formula is C21H24N2O4. The van der Waals surface area contributed by atoms with Crippen LogP contribution in [0.4, 0.5) is 5.69 Å². The van der Waals surface area contributed by atoms with Gasteiger partial charge >= 0.3 is 5.97 Å². The predicted molar refractivity (Wildman–Crippen MR) is 103 cm³/mol. The van der Waals surface area contributed by atoms with E-state index in [1.165, 1.54) is 13.0 Å². The van der Waals surface area contributed by atoms with Crippen LogP contribution in [0, 0.1) is 5.92 Å². The van der Waals surface area contributed by atoms with Crippen molar-refractivity contribution in [3.8, 4) is 5.75 Å². The second-order valence-corrected chi connectivity index (χ2v) is 6.61. The molecule has 0 bridgehead atoms. The van der Waals surface area contributed by atoms with Gasteiger partial charge in [-0.1, -0.05) is 38.1 Å². The third-order valence-corrected chi connectivity index (χ3v) is 3.69. The molecule has 0 saturated heterocycles. The molecule has 0 aromatic heterocycles. The summed E-state index contributed by atoms with van der Waals surface area (Å²) in [5, 5.41) is 5.71. The highest BCUT2D eigenvalue weighted by atomic mass is 16.5. The van der Waals surface area contributed by atoms with E-state index in [2.05, 4.69) is 10.6 Å². The molecule has 0 aliphatic heterocycles. The fourth-order valence-electron chi connectivity index (χ4n) is 2.49. The summed E-state index contributed by atoms with van der Waals surface area (Å²) in [4.78, 5) is 35.5. The van der Waals surface area contributed by atoms with Gasteiger partial charge in [-0.05, 0) is 35.7 Å². The zero-order valence-corrected chi connectivity index (χ0v) is 15.7. The first-order valence-electron chi connectivity index (χ1n) is 8.79. The third kappa shape index (κ3) is 6.58. The lowest BCUT2D eigenvalue weighted by Gasteiger charge is -2.13. The molecule has 0 aliphatic carbocycles. The molecule has 6 nitrogen and oxygen atoms in total. The zero-order valence-electron chi connectivity index (χ0n) is 15.7. The van der Waals surface area contributed by atoms with Crippen molar-refractivity contribution in [2.24, 2.45) is 5.92 Å². The number of amides is 2. The van der Waals surface area contributed by atoms with Gasteiger partial charge in [0.05, 0.1) is 0 Å². The Balaban J connectivity index is 2.08. The minimum atomic E-state index is -0.449. The predicted octanol–water partition coefficient (Wildman–Crippen LogP) is 3.53. The Hall–Kier alpha value is -3.15. The fraction of sp³-hybridized carbons (Fsp3) is 0.286. The molecule has 27 heavy (non-hydrogen) atoms. The molecule has 142 valence electrons. The van der Waals surface area contributed by atoms with E-state index in [0.29, 0.717) is 30.0 Å². The highest BCUT2D eigenvalue weighted by Gasteiger charge is 2.11. The average Bonchev–Trinajstić information content (AvgIpc) is 2.60. The summed E-state index contributed by atoms with van der Waals surface area (Å²) < 4.78 is 5.01. The number of hydrogen-bond acceptors (Lipinski definition) is 4. The minimum absolute atomic E-state index is 0.0276. The van der Waals surface area contributed by atoms with Crippen LogP contribution in [0.15, 0.2) is 48.5 Å². The number of nitrogens with one attached hydrogen (secondary N) is 2. The lowest BCUT2D eigenvalue weighted by atomic mass is 10.1. The highest BCUT2D eigenvalue weighted by molar-refractivity contribution is 6.05. The summed E-state index contributed by atoms with van der Waals surface area (Å²) in [6.07, 6.45) is 0.456. The Morgan fingerprint density at radius 3 is 2.48 bits per heavy atom. The number of hydrogen-bond donors (Lipinski definition) is 2. The maximum atomic E-state index is 12.5. The van der Waals surface area contributed by atoms with Crippen LogP contribution in [0.5, 0.6) is 5.75 Å². The fourth-order valence-corrected chi connectivity index (χ4v) is 2.49. The normalized spacial score (nSPS) is 10.4. The summed E-state index contributed by atoms with van der Waals surface area (Å²) in [6, 6.07) is 13.7. The molecule has 0 atom stereocenters. The average molecular weight is 368 g/mol. The van der Waals surface area contributed by atoms with Gasteiger partial charge in [-0.2, -0.15) is 0 Å². The summed E-state index contributed by atoms with van der Waals surface area (Å²) in [5.74, 6) is -0.214. The molecule has 2 amide bonds. The van der Waals surface area contributed by atoms with E-state index in [0.717, 1.165) is 5.56 Å². The van der Waals surface area contributed by atoms with Crippen LogP contribution < -0.4 is 15.4 Å². The van der Waals surface area contributed by atoms with Crippen molar-refractivity contribution in [3.05, 3.63) is 59.7 Å². The van der Waals surface area contributed by atoms with Gasteiger partial charge in [-0.3, -0.25) is 14.4 Å². The Kier molecular flexibility index (Phi) is 7.11. The van der Waals surface area contributed by atoms with E-state index in [1.54, 1.807) is 24.3 Å². The molecule has 0 fully saturated rings. The molecule has 0 spiro atoms. The SMILES string of the molecule is CC(=O)Oc1cccc(C(=O)Nc2ccccc2CNC(=O)CC(C)C)c1. The van der Waals surface area contributed by atoms with Crippen LogP contribution in [-0.2, 0) is 16.1 Å². The number of carbonyl (C=O) groups excluding carboxylic acids is 3. The van der Waals surface area contributed by atoms with Crippen molar-refractivity contribution in [1.29, 1.82) is 0 Å². The number of ether oxygens (including phenoxy) is 1. The second-order valence-electron chi connectivity index (χ2n) is 6.61. The molecule has 2 N–H and O–H groups in total. The maximum Gasteiger partial charge on any atom is 0.308 e. The summed E-state index contributed by atoms with van der Waals surface area (Å²) in [7, 11) is 0. The summed E-state index contributed by atoms with van der Waals surface area (Å²) >= 11 is 0. The van der Waals surface area contributed by atoms with E-state index >= 15 is 0 Å². The molecule has 0 aliphatic rings. The molecular weight excluding hydrogens is 344 g/mol. The van der Waals surface area contributed by atoms with Crippen LogP contribution in [0.1, 0.15) is 43.1 Å². The van der Waals surface area contributed by atoms with Crippen LogP contribution in [0.2, 0.25) is 0 Å². The first-order valence-corrected chi connectivity index (χ1v) is 8.79. The van der Waals surface area contributed by atoms with Gasteiger partial charge in [0.25, 0.3) is 5.91 Å². The number of anilines is 1. The van der Waals surface area contributed by atoms with Crippen molar-refractivity contribution in [3.63, 3.8) is 0 Å². The Morgan fingerprint density at radius 2 is 1.78 bits per heavy atom. The third-order valence-electron chi connectivity index (χ3n) is 3.69. The van der Waals surface area contributed by atoms with Gasteiger partial charge < -0.3 is 15.4 Å².